The molecule has 3 fully saturated rings. The zero-order chi connectivity index (χ0) is 39.7. The van der Waals surface area contributed by atoms with Crippen molar-refractivity contribution in [2.45, 2.75) is 82.0 Å². The van der Waals surface area contributed by atoms with E-state index in [9.17, 15) is 4.39 Å². The van der Waals surface area contributed by atoms with E-state index in [2.05, 4.69) is 133 Å². The summed E-state index contributed by atoms with van der Waals surface area (Å²) in [5.41, 5.74) is 17.5. The van der Waals surface area contributed by atoms with E-state index in [1.807, 2.05) is 12.1 Å². The summed E-state index contributed by atoms with van der Waals surface area (Å²) >= 11 is 0. The molecular formula is C59H51F. The summed E-state index contributed by atoms with van der Waals surface area (Å²) in [7, 11) is 0. The van der Waals surface area contributed by atoms with Crippen LogP contribution in [0.1, 0.15) is 98.7 Å². The van der Waals surface area contributed by atoms with E-state index in [0.29, 0.717) is 17.8 Å². The first-order chi connectivity index (χ1) is 29.6. The summed E-state index contributed by atoms with van der Waals surface area (Å²) in [5, 5.41) is 5.02. The highest BCUT2D eigenvalue weighted by molar-refractivity contribution is 6.21. The largest absolute Gasteiger partial charge is 0.207 e. The van der Waals surface area contributed by atoms with Gasteiger partial charge in [0.15, 0.2) is 0 Å². The van der Waals surface area contributed by atoms with Gasteiger partial charge in [0.25, 0.3) is 0 Å². The molecule has 5 aliphatic carbocycles. The van der Waals surface area contributed by atoms with Gasteiger partial charge in [0.2, 0.25) is 0 Å². The van der Waals surface area contributed by atoms with Crippen LogP contribution in [-0.4, -0.2) is 0 Å². The van der Waals surface area contributed by atoms with E-state index in [0.717, 1.165) is 23.0 Å². The second-order valence-corrected chi connectivity index (χ2v) is 18.7. The molecule has 0 amide bonds. The number of benzene rings is 8. The molecular weight excluding hydrogens is 728 g/mol. The number of halogens is 1. The van der Waals surface area contributed by atoms with Gasteiger partial charge in [0.05, 0.1) is 0 Å². The lowest BCUT2D eigenvalue weighted by Gasteiger charge is -2.26. The summed E-state index contributed by atoms with van der Waals surface area (Å²) in [6, 6.07) is 58.2. The van der Waals surface area contributed by atoms with Gasteiger partial charge in [-0.25, -0.2) is 4.39 Å². The Hall–Kier alpha value is -5.79. The maximum atomic E-state index is 13.7. The van der Waals surface area contributed by atoms with Crippen LogP contribution in [0.2, 0.25) is 0 Å². The molecule has 0 spiro atoms. The molecule has 3 saturated carbocycles. The molecule has 4 atom stereocenters. The lowest BCUT2D eigenvalue weighted by molar-refractivity contribution is 0.407. The van der Waals surface area contributed by atoms with Gasteiger partial charge in [-0.3, -0.25) is 0 Å². The molecule has 0 radical (unpaired) electrons. The van der Waals surface area contributed by atoms with Crippen LogP contribution in [0.3, 0.4) is 0 Å². The lowest BCUT2D eigenvalue weighted by atomic mass is 9.78. The minimum atomic E-state index is -0.213. The molecule has 294 valence electrons. The molecule has 60 heavy (non-hydrogen) atoms. The Morgan fingerprint density at radius 1 is 0.383 bits per heavy atom. The molecule has 4 unspecified atom stereocenters. The minimum Gasteiger partial charge on any atom is -0.207 e. The van der Waals surface area contributed by atoms with Crippen molar-refractivity contribution in [1.82, 2.24) is 0 Å². The van der Waals surface area contributed by atoms with Crippen LogP contribution in [0, 0.1) is 17.7 Å². The van der Waals surface area contributed by atoms with Crippen molar-refractivity contribution in [2.24, 2.45) is 11.8 Å². The first-order valence-electron chi connectivity index (χ1n) is 22.8. The zero-order valence-corrected chi connectivity index (χ0v) is 34.3. The summed E-state index contributed by atoms with van der Waals surface area (Å²) < 4.78 is 13.7. The van der Waals surface area contributed by atoms with Gasteiger partial charge in [-0.1, -0.05) is 153 Å². The lowest BCUT2D eigenvalue weighted by Crippen LogP contribution is -2.10. The maximum absolute atomic E-state index is 13.7. The predicted octanol–water partition coefficient (Wildman–Crippen LogP) is 16.9. The Morgan fingerprint density at radius 2 is 0.967 bits per heavy atom. The van der Waals surface area contributed by atoms with Crippen molar-refractivity contribution in [2.75, 3.05) is 0 Å². The zero-order valence-electron chi connectivity index (χ0n) is 34.3. The van der Waals surface area contributed by atoms with Crippen molar-refractivity contribution >= 4 is 21.5 Å². The average molecular weight is 779 g/mol. The predicted molar refractivity (Wildman–Crippen MR) is 250 cm³/mol. The SMILES string of the molecule is Fc1ccc(-c2ccc(-c3c4ccccc4c(-c4cccc(-c5ccc6c(c5)-c5cc(C7CCCCC7)ccc5C5CC7CC6CCC5C7)c4)c4ccccc34)cc2)cc1. The van der Waals surface area contributed by atoms with Gasteiger partial charge >= 0.3 is 0 Å². The van der Waals surface area contributed by atoms with Crippen LogP contribution in [-0.2, 0) is 0 Å². The fourth-order valence-electron chi connectivity index (χ4n) is 12.6. The van der Waals surface area contributed by atoms with Crippen molar-refractivity contribution in [3.63, 3.8) is 0 Å². The molecule has 0 N–H and O–H groups in total. The fourth-order valence-corrected chi connectivity index (χ4v) is 12.6. The molecule has 0 nitrogen and oxygen atoms in total. The molecule has 0 saturated heterocycles. The van der Waals surface area contributed by atoms with Crippen molar-refractivity contribution < 1.29 is 4.39 Å². The average Bonchev–Trinajstić information content (AvgIpc) is 3.62. The third-order valence-corrected chi connectivity index (χ3v) is 15.4. The monoisotopic (exact) mass is 778 g/mol. The summed E-state index contributed by atoms with van der Waals surface area (Å²) in [6.07, 6.45) is 13.7. The third-order valence-electron chi connectivity index (χ3n) is 15.4. The summed E-state index contributed by atoms with van der Waals surface area (Å²) in [6.45, 7) is 0. The maximum Gasteiger partial charge on any atom is 0.123 e. The van der Waals surface area contributed by atoms with Crippen LogP contribution < -0.4 is 0 Å². The quantitative estimate of drug-likeness (QED) is 0.153. The number of hydrogen-bond donors (Lipinski definition) is 0. The van der Waals surface area contributed by atoms with Gasteiger partial charge in [0, 0.05) is 0 Å². The van der Waals surface area contributed by atoms with Crippen LogP contribution in [0.5, 0.6) is 0 Å². The highest BCUT2D eigenvalue weighted by Gasteiger charge is 2.42. The topological polar surface area (TPSA) is 0 Å². The van der Waals surface area contributed by atoms with E-state index < -0.39 is 0 Å². The van der Waals surface area contributed by atoms with Crippen molar-refractivity contribution in [3.8, 4) is 55.6 Å². The van der Waals surface area contributed by atoms with Crippen LogP contribution in [0.25, 0.3) is 77.2 Å². The van der Waals surface area contributed by atoms with E-state index in [1.165, 1.54) is 137 Å². The standard InChI is InChI=1S/C59H51F/c60-48-27-23-40(24-28-48)39-17-19-41(20-18-39)58-51-13-4-6-15-53(51)59(54-16-7-5-14-52(54)58)47-12-8-11-42(34-47)44-25-29-49-45-21-22-46-32-37(31-45)33-55(46)50-30-26-43(35-57(50)56(49)36-44)38-9-2-1-3-10-38/h4-8,11-20,23-30,34-38,45-46,55H,1-3,9-10,21-22,31-33H2. The van der Waals surface area contributed by atoms with E-state index in [1.54, 1.807) is 22.3 Å². The Labute approximate surface area is 354 Å². The first-order valence-corrected chi connectivity index (χ1v) is 22.8. The van der Waals surface area contributed by atoms with Crippen LogP contribution in [0.15, 0.2) is 158 Å². The summed E-state index contributed by atoms with van der Waals surface area (Å²) in [5.74, 6) is 3.52. The molecule has 8 aromatic carbocycles. The Kier molecular flexibility index (Phi) is 8.86. The fraction of sp³-hybridized carbons (Fsp3) is 0.254. The number of rotatable bonds is 5. The molecule has 0 aromatic heterocycles. The van der Waals surface area contributed by atoms with Gasteiger partial charge in [-0.2, -0.15) is 0 Å². The van der Waals surface area contributed by atoms with Crippen LogP contribution in [0.4, 0.5) is 4.39 Å². The van der Waals surface area contributed by atoms with Crippen molar-refractivity contribution in [1.29, 1.82) is 0 Å². The van der Waals surface area contributed by atoms with Gasteiger partial charge in [0.1, 0.15) is 5.82 Å². The number of hydrogen-bond acceptors (Lipinski definition) is 0. The Bertz CT molecular complexity index is 2850. The molecule has 4 bridgehead atoms. The van der Waals surface area contributed by atoms with E-state index >= 15 is 0 Å². The molecule has 0 heterocycles. The second kappa shape index (κ2) is 14.7. The molecule has 5 aliphatic rings. The van der Waals surface area contributed by atoms with E-state index in [4.69, 9.17) is 0 Å². The minimum absolute atomic E-state index is 0.213. The molecule has 0 aliphatic heterocycles. The normalized spacial score (nSPS) is 21.0. The Morgan fingerprint density at radius 3 is 1.68 bits per heavy atom. The molecule has 13 rings (SSSR count). The van der Waals surface area contributed by atoms with Gasteiger partial charge in [-0.15, -0.1) is 0 Å². The first kappa shape index (κ1) is 36.1. The smallest absolute Gasteiger partial charge is 0.123 e. The Balaban J connectivity index is 0.993. The van der Waals surface area contributed by atoms with E-state index in [-0.39, 0.29) is 5.82 Å². The third kappa shape index (κ3) is 6.15. The summed E-state index contributed by atoms with van der Waals surface area (Å²) in [4.78, 5) is 0. The highest BCUT2D eigenvalue weighted by atomic mass is 19.1. The second-order valence-electron chi connectivity index (χ2n) is 18.7. The van der Waals surface area contributed by atoms with Gasteiger partial charge < -0.3 is 0 Å². The van der Waals surface area contributed by atoms with Crippen molar-refractivity contribution in [3.05, 3.63) is 180 Å². The van der Waals surface area contributed by atoms with Gasteiger partial charge in [-0.05, 0) is 193 Å². The number of fused-ring (bicyclic) bond motifs is 3. The molecule has 1 heteroatoms. The molecule has 8 aromatic rings. The highest BCUT2D eigenvalue weighted by Crippen LogP contribution is 2.57. The van der Waals surface area contributed by atoms with Crippen LogP contribution >= 0.6 is 0 Å².